The van der Waals surface area contributed by atoms with E-state index in [0.717, 1.165) is 35.2 Å². The van der Waals surface area contributed by atoms with E-state index in [2.05, 4.69) is 31.9 Å². The summed E-state index contributed by atoms with van der Waals surface area (Å²) in [5, 5.41) is 10.9. The summed E-state index contributed by atoms with van der Waals surface area (Å²) in [6.07, 6.45) is 5.19. The molecule has 2 saturated carbocycles. The molecule has 6 unspecified atom stereocenters. The third-order valence-corrected chi connectivity index (χ3v) is 8.38. The van der Waals surface area contributed by atoms with Gasteiger partial charge in [0.15, 0.2) is 11.5 Å². The maximum absolute atomic E-state index is 10.9. The molecule has 5 rings (SSSR count). The van der Waals surface area contributed by atoms with Crippen LogP contribution in [0.5, 0.6) is 11.5 Å². The van der Waals surface area contributed by atoms with Crippen LogP contribution >= 0.6 is 31.9 Å². The second kappa shape index (κ2) is 4.89. The molecular weight excluding hydrogens is 424 g/mol. The molecule has 124 valence electrons. The van der Waals surface area contributed by atoms with Crippen molar-refractivity contribution < 1.29 is 14.6 Å². The molecule has 4 aliphatic rings. The van der Waals surface area contributed by atoms with Gasteiger partial charge < -0.3 is 14.6 Å². The zero-order valence-electron chi connectivity index (χ0n) is 13.0. The zero-order valence-corrected chi connectivity index (χ0v) is 16.2. The van der Waals surface area contributed by atoms with Crippen LogP contribution in [-0.4, -0.2) is 29.3 Å². The van der Waals surface area contributed by atoms with E-state index < -0.39 is 6.10 Å². The van der Waals surface area contributed by atoms with Crippen LogP contribution in [-0.2, 0) is 11.8 Å². The molecule has 5 heteroatoms. The van der Waals surface area contributed by atoms with Crippen molar-refractivity contribution in [3.63, 3.8) is 0 Å². The maximum atomic E-state index is 10.9. The van der Waals surface area contributed by atoms with Gasteiger partial charge >= 0.3 is 0 Å². The number of halogens is 2. The van der Waals surface area contributed by atoms with Gasteiger partial charge in [-0.25, -0.2) is 0 Å². The Bertz CT molecular complexity index is 691. The van der Waals surface area contributed by atoms with E-state index in [0.29, 0.717) is 11.8 Å². The summed E-state index contributed by atoms with van der Waals surface area (Å²) in [4.78, 5) is 0.122. The molecule has 3 nitrogen and oxygen atoms in total. The van der Waals surface area contributed by atoms with Crippen molar-refractivity contribution >= 4 is 31.9 Å². The molecule has 1 heterocycles. The number of aliphatic hydroxyl groups is 1. The molecule has 2 bridgehead atoms. The van der Waals surface area contributed by atoms with Crippen LogP contribution in [0.15, 0.2) is 10.5 Å². The van der Waals surface area contributed by atoms with Crippen LogP contribution in [0.25, 0.3) is 0 Å². The van der Waals surface area contributed by atoms with Crippen LogP contribution < -0.4 is 9.47 Å². The highest BCUT2D eigenvalue weighted by atomic mass is 79.9. The van der Waals surface area contributed by atoms with Gasteiger partial charge in [-0.15, -0.1) is 0 Å². The quantitative estimate of drug-likeness (QED) is 0.667. The van der Waals surface area contributed by atoms with E-state index in [-0.39, 0.29) is 16.3 Å². The SMILES string of the molecule is COc1cc(Br)c2c3c1OC1C(O)C(Br)CC4C(CCCC341)C2. The average Bonchev–Trinajstić information content (AvgIpc) is 2.86. The van der Waals surface area contributed by atoms with Gasteiger partial charge in [-0.3, -0.25) is 0 Å². The number of ether oxygens (including phenoxy) is 2. The molecule has 1 aromatic rings. The van der Waals surface area contributed by atoms with Gasteiger partial charge in [0.25, 0.3) is 0 Å². The maximum Gasteiger partial charge on any atom is 0.166 e. The van der Waals surface area contributed by atoms with E-state index in [9.17, 15) is 5.11 Å². The Morgan fingerprint density at radius 1 is 1.43 bits per heavy atom. The normalized spacial score (nSPS) is 42.9. The average molecular weight is 444 g/mol. The predicted octanol–water partition coefficient (Wildman–Crippen LogP) is 3.96. The minimum atomic E-state index is -0.466. The predicted molar refractivity (Wildman–Crippen MR) is 94.7 cm³/mol. The lowest BCUT2D eigenvalue weighted by atomic mass is 9.48. The fraction of sp³-hybridized carbons (Fsp3) is 0.667. The molecule has 3 aliphatic carbocycles. The van der Waals surface area contributed by atoms with Crippen molar-refractivity contribution in [2.24, 2.45) is 11.8 Å². The third-order valence-electron chi connectivity index (χ3n) is 6.76. The molecule has 0 saturated heterocycles. The molecule has 1 N–H and O–H groups in total. The van der Waals surface area contributed by atoms with Crippen molar-refractivity contribution in [2.45, 2.75) is 54.6 Å². The van der Waals surface area contributed by atoms with Crippen LogP contribution in [0.4, 0.5) is 0 Å². The summed E-state index contributed by atoms with van der Waals surface area (Å²) < 4.78 is 13.2. The van der Waals surface area contributed by atoms with Gasteiger partial charge in [0, 0.05) is 20.3 Å². The van der Waals surface area contributed by atoms with Gasteiger partial charge in [-0.05, 0) is 49.1 Å². The van der Waals surface area contributed by atoms with Crippen molar-refractivity contribution in [1.29, 1.82) is 0 Å². The summed E-state index contributed by atoms with van der Waals surface area (Å²) in [6.45, 7) is 0. The first-order chi connectivity index (χ1) is 11.1. The molecule has 6 atom stereocenters. The summed E-state index contributed by atoms with van der Waals surface area (Å²) in [6, 6.07) is 2.04. The van der Waals surface area contributed by atoms with Crippen molar-refractivity contribution in [3.05, 3.63) is 21.7 Å². The highest BCUT2D eigenvalue weighted by Crippen LogP contribution is 2.67. The number of alkyl halides is 1. The third kappa shape index (κ3) is 1.69. The van der Waals surface area contributed by atoms with E-state index in [1.165, 1.54) is 24.0 Å². The summed E-state index contributed by atoms with van der Waals surface area (Å²) in [7, 11) is 1.70. The Morgan fingerprint density at radius 3 is 3.04 bits per heavy atom. The zero-order chi connectivity index (χ0) is 15.9. The van der Waals surface area contributed by atoms with Crippen molar-refractivity contribution in [2.75, 3.05) is 7.11 Å². The fourth-order valence-electron chi connectivity index (χ4n) is 5.97. The fourth-order valence-corrected chi connectivity index (χ4v) is 7.21. The Hall–Kier alpha value is -0.260. The molecule has 0 amide bonds. The minimum absolute atomic E-state index is 0.0212. The highest BCUT2D eigenvalue weighted by Gasteiger charge is 2.66. The summed E-state index contributed by atoms with van der Waals surface area (Å²) in [5.74, 6) is 2.98. The number of benzene rings is 1. The Morgan fingerprint density at radius 2 is 2.26 bits per heavy atom. The smallest absolute Gasteiger partial charge is 0.166 e. The Balaban J connectivity index is 1.82. The summed E-state index contributed by atoms with van der Waals surface area (Å²) >= 11 is 7.49. The van der Waals surface area contributed by atoms with E-state index in [1.54, 1.807) is 7.11 Å². The number of aliphatic hydroxyl groups excluding tert-OH is 1. The second-order valence-corrected chi connectivity index (χ2v) is 9.56. The van der Waals surface area contributed by atoms with Crippen LogP contribution in [0.3, 0.4) is 0 Å². The topological polar surface area (TPSA) is 38.7 Å². The minimum Gasteiger partial charge on any atom is -0.493 e. The van der Waals surface area contributed by atoms with Crippen molar-refractivity contribution in [1.82, 2.24) is 0 Å². The summed E-state index contributed by atoms with van der Waals surface area (Å²) in [5.41, 5.74) is 2.71. The van der Waals surface area contributed by atoms with E-state index >= 15 is 0 Å². The van der Waals surface area contributed by atoms with E-state index in [4.69, 9.17) is 9.47 Å². The molecule has 23 heavy (non-hydrogen) atoms. The first-order valence-corrected chi connectivity index (χ1v) is 10.2. The molecule has 1 aliphatic heterocycles. The van der Waals surface area contributed by atoms with Gasteiger partial charge in [0.2, 0.25) is 0 Å². The molecule has 0 radical (unpaired) electrons. The number of hydrogen-bond donors (Lipinski definition) is 1. The van der Waals surface area contributed by atoms with Gasteiger partial charge in [0.1, 0.15) is 12.2 Å². The van der Waals surface area contributed by atoms with Gasteiger partial charge in [-0.2, -0.15) is 0 Å². The van der Waals surface area contributed by atoms with Gasteiger partial charge in [-0.1, -0.05) is 38.3 Å². The lowest BCUT2D eigenvalue weighted by Crippen LogP contribution is -2.62. The second-order valence-electron chi connectivity index (χ2n) is 7.53. The molecule has 1 spiro atoms. The van der Waals surface area contributed by atoms with Crippen LogP contribution in [0.2, 0.25) is 0 Å². The first-order valence-electron chi connectivity index (χ1n) is 8.46. The molecular formula is C18H20Br2O3. The van der Waals surface area contributed by atoms with Gasteiger partial charge in [0.05, 0.1) is 7.11 Å². The number of rotatable bonds is 1. The number of methoxy groups -OCH3 is 1. The monoisotopic (exact) mass is 442 g/mol. The van der Waals surface area contributed by atoms with Crippen molar-refractivity contribution in [3.8, 4) is 11.5 Å². The standard InChI is InChI=1S/C18H20Br2O3/c1-22-13-7-11(19)9-5-8-3-2-4-18-10(8)6-12(20)15(21)17(18)23-16(13)14(9)18/h7-8,10,12,15,17,21H,2-6H2,1H3. The lowest BCUT2D eigenvalue weighted by Gasteiger charge is -2.57. The molecule has 1 aromatic carbocycles. The largest absolute Gasteiger partial charge is 0.493 e. The van der Waals surface area contributed by atoms with E-state index in [1.807, 2.05) is 6.07 Å². The molecule has 2 fully saturated rings. The van der Waals surface area contributed by atoms with Crippen LogP contribution in [0.1, 0.15) is 36.8 Å². The molecule has 0 aromatic heterocycles. The first kappa shape index (κ1) is 15.0. The number of hydrogen-bond acceptors (Lipinski definition) is 3. The highest BCUT2D eigenvalue weighted by molar-refractivity contribution is 9.10. The Kier molecular flexibility index (Phi) is 3.19. The van der Waals surface area contributed by atoms with Crippen LogP contribution in [0, 0.1) is 11.8 Å². The Labute approximate surface area is 153 Å². The lowest BCUT2D eigenvalue weighted by molar-refractivity contribution is -0.0811.